The molecule has 0 spiro atoms. The van der Waals surface area contributed by atoms with Gasteiger partial charge in [-0.05, 0) is 56.7 Å². The molecule has 0 radical (unpaired) electrons. The van der Waals surface area contributed by atoms with Gasteiger partial charge in [0.05, 0.1) is 6.04 Å². The molecular weight excluding hydrogens is 246 g/mol. The fourth-order valence-electron chi connectivity index (χ4n) is 3.44. The van der Waals surface area contributed by atoms with Crippen LogP contribution in [-0.2, 0) is 0 Å². The van der Waals surface area contributed by atoms with Gasteiger partial charge in [-0.15, -0.1) is 0 Å². The van der Waals surface area contributed by atoms with Crippen LogP contribution >= 0.6 is 0 Å². The summed E-state index contributed by atoms with van der Waals surface area (Å²) >= 11 is 0. The maximum Gasteiger partial charge on any atom is 0.0514 e. The third-order valence-corrected chi connectivity index (χ3v) is 4.90. The van der Waals surface area contributed by atoms with Gasteiger partial charge in [-0.1, -0.05) is 19.9 Å². The molecule has 3 nitrogen and oxygen atoms in total. The Morgan fingerprint density at radius 2 is 2.05 bits per heavy atom. The van der Waals surface area contributed by atoms with E-state index in [0.717, 1.165) is 12.3 Å². The molecule has 2 unspecified atom stereocenters. The zero-order chi connectivity index (χ0) is 14.5. The van der Waals surface area contributed by atoms with Crippen LogP contribution in [0.4, 0.5) is 0 Å². The molecule has 1 fully saturated rings. The van der Waals surface area contributed by atoms with Gasteiger partial charge in [0.25, 0.3) is 0 Å². The van der Waals surface area contributed by atoms with Crippen LogP contribution in [0.15, 0.2) is 24.5 Å². The lowest BCUT2D eigenvalue weighted by atomic mass is 9.85. The van der Waals surface area contributed by atoms with Gasteiger partial charge in [0, 0.05) is 24.5 Å². The van der Waals surface area contributed by atoms with Crippen LogP contribution in [-0.4, -0.2) is 29.0 Å². The van der Waals surface area contributed by atoms with Gasteiger partial charge < -0.3 is 5.73 Å². The van der Waals surface area contributed by atoms with Crippen molar-refractivity contribution in [3.8, 4) is 0 Å². The second-order valence-electron chi connectivity index (χ2n) is 6.38. The minimum absolute atomic E-state index is 0.170. The molecule has 2 N–H and O–H groups in total. The van der Waals surface area contributed by atoms with Gasteiger partial charge in [-0.2, -0.15) is 0 Å². The van der Waals surface area contributed by atoms with E-state index in [9.17, 15) is 0 Å². The normalized spacial score (nSPS) is 26.4. The van der Waals surface area contributed by atoms with Crippen LogP contribution in [0, 0.1) is 5.92 Å². The molecule has 0 amide bonds. The van der Waals surface area contributed by atoms with Crippen LogP contribution in [0.3, 0.4) is 0 Å². The van der Waals surface area contributed by atoms with E-state index in [0.29, 0.717) is 6.04 Å². The van der Waals surface area contributed by atoms with Gasteiger partial charge >= 0.3 is 0 Å². The predicted octanol–water partition coefficient (Wildman–Crippen LogP) is 3.37. The number of hydrogen-bond acceptors (Lipinski definition) is 3. The first-order chi connectivity index (χ1) is 9.63. The molecule has 0 saturated heterocycles. The summed E-state index contributed by atoms with van der Waals surface area (Å²) in [5.74, 6) is 0.886. The molecule has 20 heavy (non-hydrogen) atoms. The largest absolute Gasteiger partial charge is 0.326 e. The SMILES string of the molecule is CCC(N)C(c1cccnc1)N(C)C1CCC(C)CC1. The minimum atomic E-state index is 0.170. The van der Waals surface area contributed by atoms with Crippen molar-refractivity contribution in [1.82, 2.24) is 9.88 Å². The van der Waals surface area contributed by atoms with Crippen molar-refractivity contribution in [2.45, 2.75) is 64.1 Å². The van der Waals surface area contributed by atoms with Crippen molar-refractivity contribution in [3.63, 3.8) is 0 Å². The van der Waals surface area contributed by atoms with Gasteiger partial charge in [0.2, 0.25) is 0 Å². The third-order valence-electron chi connectivity index (χ3n) is 4.90. The number of likely N-dealkylation sites (N-methyl/N-ethyl adjacent to an activating group) is 1. The maximum atomic E-state index is 6.41. The zero-order valence-electron chi connectivity index (χ0n) is 13.1. The lowest BCUT2D eigenvalue weighted by molar-refractivity contribution is 0.106. The highest BCUT2D eigenvalue weighted by Gasteiger charge is 2.30. The van der Waals surface area contributed by atoms with Gasteiger partial charge in [-0.25, -0.2) is 0 Å². The van der Waals surface area contributed by atoms with Crippen molar-refractivity contribution in [2.75, 3.05) is 7.05 Å². The number of aromatic nitrogens is 1. The monoisotopic (exact) mass is 275 g/mol. The van der Waals surface area contributed by atoms with E-state index in [1.54, 1.807) is 0 Å². The van der Waals surface area contributed by atoms with E-state index in [1.165, 1.54) is 31.2 Å². The summed E-state index contributed by atoms with van der Waals surface area (Å²) in [5.41, 5.74) is 7.67. The number of rotatable bonds is 5. The average molecular weight is 275 g/mol. The zero-order valence-corrected chi connectivity index (χ0v) is 13.1. The van der Waals surface area contributed by atoms with Crippen LogP contribution < -0.4 is 5.73 Å². The first-order valence-electron chi connectivity index (χ1n) is 8.01. The molecule has 0 bridgehead atoms. The minimum Gasteiger partial charge on any atom is -0.326 e. The van der Waals surface area contributed by atoms with Crippen molar-refractivity contribution in [3.05, 3.63) is 30.1 Å². The van der Waals surface area contributed by atoms with E-state index < -0.39 is 0 Å². The fraction of sp³-hybridized carbons (Fsp3) is 0.706. The van der Waals surface area contributed by atoms with Gasteiger partial charge in [0.1, 0.15) is 0 Å². The van der Waals surface area contributed by atoms with E-state index in [4.69, 9.17) is 5.73 Å². The molecule has 1 aromatic heterocycles. The number of pyridine rings is 1. The molecule has 1 heterocycles. The lowest BCUT2D eigenvalue weighted by Gasteiger charge is -2.41. The molecule has 3 heteroatoms. The molecule has 1 saturated carbocycles. The average Bonchev–Trinajstić information content (AvgIpc) is 2.49. The van der Waals surface area contributed by atoms with Crippen LogP contribution in [0.5, 0.6) is 0 Å². The Morgan fingerprint density at radius 1 is 1.35 bits per heavy atom. The highest BCUT2D eigenvalue weighted by molar-refractivity contribution is 5.16. The van der Waals surface area contributed by atoms with Crippen molar-refractivity contribution >= 4 is 0 Å². The highest BCUT2D eigenvalue weighted by atomic mass is 15.2. The molecule has 0 aromatic carbocycles. The molecule has 0 aliphatic heterocycles. The second-order valence-corrected chi connectivity index (χ2v) is 6.38. The summed E-state index contributed by atoms with van der Waals surface area (Å²) in [5, 5.41) is 0. The lowest BCUT2D eigenvalue weighted by Crippen LogP contribution is -2.45. The van der Waals surface area contributed by atoms with E-state index >= 15 is 0 Å². The molecule has 1 aliphatic carbocycles. The Morgan fingerprint density at radius 3 is 2.60 bits per heavy atom. The summed E-state index contributed by atoms with van der Waals surface area (Å²) in [6, 6.07) is 5.29. The summed E-state index contributed by atoms with van der Waals surface area (Å²) in [4.78, 5) is 6.79. The predicted molar refractivity (Wildman–Crippen MR) is 84.4 cm³/mol. The summed E-state index contributed by atoms with van der Waals surface area (Å²) in [6.07, 6.45) is 10.1. The molecule has 2 rings (SSSR count). The van der Waals surface area contributed by atoms with Crippen molar-refractivity contribution in [2.24, 2.45) is 11.7 Å². The summed E-state index contributed by atoms with van der Waals surface area (Å²) in [6.45, 7) is 4.54. The van der Waals surface area contributed by atoms with Gasteiger partial charge in [0.15, 0.2) is 0 Å². The molecule has 1 aromatic rings. The van der Waals surface area contributed by atoms with Crippen molar-refractivity contribution < 1.29 is 0 Å². The standard InChI is InChI=1S/C17H29N3/c1-4-16(18)17(14-6-5-11-19-12-14)20(3)15-9-7-13(2)8-10-15/h5-6,11-13,15-17H,4,7-10,18H2,1-3H3. The number of nitrogens with two attached hydrogens (primary N) is 1. The second kappa shape index (κ2) is 7.19. The Bertz CT molecular complexity index is 384. The Balaban J connectivity index is 2.14. The smallest absolute Gasteiger partial charge is 0.0514 e. The van der Waals surface area contributed by atoms with E-state index in [1.807, 2.05) is 18.5 Å². The Hall–Kier alpha value is -0.930. The molecule has 112 valence electrons. The van der Waals surface area contributed by atoms with Gasteiger partial charge in [-0.3, -0.25) is 9.88 Å². The van der Waals surface area contributed by atoms with E-state index in [-0.39, 0.29) is 12.1 Å². The first-order valence-corrected chi connectivity index (χ1v) is 8.01. The Kier molecular flexibility index (Phi) is 5.55. The molecule has 2 atom stereocenters. The fourth-order valence-corrected chi connectivity index (χ4v) is 3.44. The Labute approximate surface area is 123 Å². The van der Waals surface area contributed by atoms with Crippen LogP contribution in [0.25, 0.3) is 0 Å². The van der Waals surface area contributed by atoms with Crippen LogP contribution in [0.1, 0.15) is 57.6 Å². The van der Waals surface area contributed by atoms with E-state index in [2.05, 4.69) is 36.8 Å². The molecule has 1 aliphatic rings. The van der Waals surface area contributed by atoms with Crippen LogP contribution in [0.2, 0.25) is 0 Å². The third kappa shape index (κ3) is 3.58. The number of nitrogens with zero attached hydrogens (tertiary/aromatic N) is 2. The highest BCUT2D eigenvalue weighted by Crippen LogP contribution is 2.32. The molecular formula is C17H29N3. The maximum absolute atomic E-state index is 6.41. The van der Waals surface area contributed by atoms with Crippen molar-refractivity contribution in [1.29, 1.82) is 0 Å². The topological polar surface area (TPSA) is 42.1 Å². The summed E-state index contributed by atoms with van der Waals surface area (Å²) in [7, 11) is 2.24. The summed E-state index contributed by atoms with van der Waals surface area (Å²) < 4.78 is 0. The quantitative estimate of drug-likeness (QED) is 0.896. The first kappa shape index (κ1) is 15.5. The number of hydrogen-bond donors (Lipinski definition) is 1.